The van der Waals surface area contributed by atoms with Gasteiger partial charge in [-0.25, -0.2) is 4.68 Å². The quantitative estimate of drug-likeness (QED) is 0.819. The standard InChI is InChI=1S/C12H13N5O/c18-12(9-7-13-8-9)15-10-3-1-2-4-11(10)17-6-5-14-16-17/h1-6,9,13H,7-8H2,(H,15,18). The Kier molecular flexibility index (Phi) is 2.77. The Hall–Kier alpha value is -2.21. The summed E-state index contributed by atoms with van der Waals surface area (Å²) in [4.78, 5) is 11.9. The molecule has 0 unspecified atom stereocenters. The predicted molar refractivity (Wildman–Crippen MR) is 66.3 cm³/mol. The highest BCUT2D eigenvalue weighted by Crippen LogP contribution is 2.19. The van der Waals surface area contributed by atoms with Gasteiger partial charge in [-0.05, 0) is 12.1 Å². The monoisotopic (exact) mass is 243 g/mol. The Labute approximate surface area is 104 Å². The molecule has 0 radical (unpaired) electrons. The van der Waals surface area contributed by atoms with Gasteiger partial charge in [-0.3, -0.25) is 4.79 Å². The molecule has 92 valence electrons. The van der Waals surface area contributed by atoms with Crippen LogP contribution in [0.2, 0.25) is 0 Å². The van der Waals surface area contributed by atoms with E-state index >= 15 is 0 Å². The number of anilines is 1. The first-order chi connectivity index (χ1) is 8.84. The van der Waals surface area contributed by atoms with Crippen LogP contribution in [0.25, 0.3) is 5.69 Å². The molecule has 18 heavy (non-hydrogen) atoms. The van der Waals surface area contributed by atoms with Crippen molar-refractivity contribution in [3.8, 4) is 5.69 Å². The van der Waals surface area contributed by atoms with Gasteiger partial charge in [0, 0.05) is 13.1 Å². The van der Waals surface area contributed by atoms with Gasteiger partial charge in [0.1, 0.15) is 0 Å². The molecule has 0 spiro atoms. The molecular formula is C12H13N5O. The zero-order chi connectivity index (χ0) is 12.4. The third-order valence-corrected chi connectivity index (χ3v) is 2.98. The zero-order valence-corrected chi connectivity index (χ0v) is 9.71. The molecule has 6 nitrogen and oxygen atoms in total. The molecule has 2 heterocycles. The lowest BCUT2D eigenvalue weighted by atomic mass is 10.0. The maximum Gasteiger partial charge on any atom is 0.230 e. The fourth-order valence-electron chi connectivity index (χ4n) is 1.82. The van der Waals surface area contributed by atoms with Gasteiger partial charge in [0.05, 0.1) is 29.7 Å². The fraction of sp³-hybridized carbons (Fsp3) is 0.250. The van der Waals surface area contributed by atoms with E-state index in [1.165, 1.54) is 0 Å². The molecule has 1 aliphatic heterocycles. The first kappa shape index (κ1) is 10.9. The normalized spacial score (nSPS) is 15.1. The number of carbonyl (C=O) groups excluding carboxylic acids is 1. The van der Waals surface area contributed by atoms with Crippen LogP contribution in [0.5, 0.6) is 0 Å². The maximum absolute atomic E-state index is 11.9. The molecule has 3 rings (SSSR count). The minimum Gasteiger partial charge on any atom is -0.324 e. The van der Waals surface area contributed by atoms with Crippen molar-refractivity contribution in [1.82, 2.24) is 20.3 Å². The summed E-state index contributed by atoms with van der Waals surface area (Å²) in [6.07, 6.45) is 3.35. The van der Waals surface area contributed by atoms with Crippen LogP contribution in [-0.4, -0.2) is 34.0 Å². The lowest BCUT2D eigenvalue weighted by Crippen LogP contribution is -2.48. The molecule has 1 aliphatic rings. The van der Waals surface area contributed by atoms with Crippen molar-refractivity contribution in [3.05, 3.63) is 36.7 Å². The number of benzene rings is 1. The largest absolute Gasteiger partial charge is 0.324 e. The Balaban J connectivity index is 1.85. The van der Waals surface area contributed by atoms with Gasteiger partial charge in [0.15, 0.2) is 0 Å². The summed E-state index contributed by atoms with van der Waals surface area (Å²) in [5, 5.41) is 13.7. The molecule has 6 heteroatoms. The highest BCUT2D eigenvalue weighted by atomic mass is 16.2. The summed E-state index contributed by atoms with van der Waals surface area (Å²) in [6, 6.07) is 7.54. The number of nitrogens with one attached hydrogen (secondary N) is 2. The summed E-state index contributed by atoms with van der Waals surface area (Å²) in [7, 11) is 0. The van der Waals surface area contributed by atoms with Crippen LogP contribution in [-0.2, 0) is 4.79 Å². The second-order valence-electron chi connectivity index (χ2n) is 4.21. The molecule has 1 amide bonds. The van der Waals surface area contributed by atoms with E-state index in [9.17, 15) is 4.79 Å². The van der Waals surface area contributed by atoms with E-state index in [1.54, 1.807) is 17.1 Å². The number of aromatic nitrogens is 3. The molecule has 0 saturated carbocycles. The third kappa shape index (κ3) is 1.98. The summed E-state index contributed by atoms with van der Waals surface area (Å²) in [5.74, 6) is 0.107. The molecule has 2 aromatic rings. The van der Waals surface area contributed by atoms with Gasteiger partial charge in [0.2, 0.25) is 5.91 Å². The lowest BCUT2D eigenvalue weighted by molar-refractivity contribution is -0.121. The van der Waals surface area contributed by atoms with E-state index in [4.69, 9.17) is 0 Å². The van der Waals surface area contributed by atoms with Crippen LogP contribution < -0.4 is 10.6 Å². The SMILES string of the molecule is O=C(Nc1ccccc1-n1ccnn1)C1CNC1. The van der Waals surface area contributed by atoms with Crippen molar-refractivity contribution in [3.63, 3.8) is 0 Å². The summed E-state index contributed by atoms with van der Waals surface area (Å²) in [5.41, 5.74) is 1.57. The van der Waals surface area contributed by atoms with Crippen LogP contribution in [0.3, 0.4) is 0 Å². The number of rotatable bonds is 3. The van der Waals surface area contributed by atoms with E-state index < -0.39 is 0 Å². The van der Waals surface area contributed by atoms with Gasteiger partial charge < -0.3 is 10.6 Å². The Morgan fingerprint density at radius 2 is 2.22 bits per heavy atom. The second kappa shape index (κ2) is 4.58. The fourth-order valence-corrected chi connectivity index (χ4v) is 1.82. The summed E-state index contributed by atoms with van der Waals surface area (Å²) < 4.78 is 1.63. The van der Waals surface area contributed by atoms with Crippen LogP contribution in [0.1, 0.15) is 0 Å². The van der Waals surface area contributed by atoms with E-state index in [2.05, 4.69) is 20.9 Å². The molecule has 1 aromatic heterocycles. The molecule has 1 saturated heterocycles. The van der Waals surface area contributed by atoms with E-state index in [0.29, 0.717) is 0 Å². The lowest BCUT2D eigenvalue weighted by Gasteiger charge is -2.26. The highest BCUT2D eigenvalue weighted by molar-refractivity contribution is 5.95. The van der Waals surface area contributed by atoms with Crippen molar-refractivity contribution in [2.75, 3.05) is 18.4 Å². The van der Waals surface area contributed by atoms with Crippen molar-refractivity contribution in [2.24, 2.45) is 5.92 Å². The van der Waals surface area contributed by atoms with Crippen LogP contribution in [0.15, 0.2) is 36.7 Å². The van der Waals surface area contributed by atoms with Crippen LogP contribution in [0, 0.1) is 5.92 Å². The van der Waals surface area contributed by atoms with Gasteiger partial charge in [-0.1, -0.05) is 17.3 Å². The average Bonchev–Trinajstić information content (AvgIpc) is 2.80. The third-order valence-electron chi connectivity index (χ3n) is 2.98. The van der Waals surface area contributed by atoms with Crippen LogP contribution in [0.4, 0.5) is 5.69 Å². The highest BCUT2D eigenvalue weighted by Gasteiger charge is 2.25. The predicted octanol–water partition coefficient (Wildman–Crippen LogP) is 0.425. The number of hydrogen-bond acceptors (Lipinski definition) is 4. The first-order valence-electron chi connectivity index (χ1n) is 5.82. The van der Waals surface area contributed by atoms with Gasteiger partial charge in [-0.15, -0.1) is 5.10 Å². The van der Waals surface area contributed by atoms with E-state index in [0.717, 1.165) is 24.5 Å². The van der Waals surface area contributed by atoms with Crippen LogP contribution >= 0.6 is 0 Å². The number of para-hydroxylation sites is 2. The molecule has 0 bridgehead atoms. The van der Waals surface area contributed by atoms with E-state index in [1.807, 2.05) is 24.3 Å². The number of amides is 1. The van der Waals surface area contributed by atoms with Crippen molar-refractivity contribution < 1.29 is 4.79 Å². The molecule has 0 aliphatic carbocycles. The number of hydrogen-bond donors (Lipinski definition) is 2. The molecule has 1 fully saturated rings. The van der Waals surface area contributed by atoms with Gasteiger partial charge >= 0.3 is 0 Å². The smallest absolute Gasteiger partial charge is 0.230 e. The summed E-state index contributed by atoms with van der Waals surface area (Å²) >= 11 is 0. The van der Waals surface area contributed by atoms with Gasteiger partial charge in [-0.2, -0.15) is 0 Å². The first-order valence-corrected chi connectivity index (χ1v) is 5.82. The van der Waals surface area contributed by atoms with Gasteiger partial charge in [0.25, 0.3) is 0 Å². The molecular weight excluding hydrogens is 230 g/mol. The minimum atomic E-state index is 0.0429. The van der Waals surface area contributed by atoms with Crippen molar-refractivity contribution in [1.29, 1.82) is 0 Å². The topological polar surface area (TPSA) is 71.8 Å². The van der Waals surface area contributed by atoms with Crippen molar-refractivity contribution >= 4 is 11.6 Å². The molecule has 1 aromatic carbocycles. The molecule has 0 atom stereocenters. The number of nitrogens with zero attached hydrogens (tertiary/aromatic N) is 3. The Morgan fingerprint density at radius 3 is 2.89 bits per heavy atom. The Bertz CT molecular complexity index is 547. The molecule has 2 N–H and O–H groups in total. The Morgan fingerprint density at radius 1 is 1.39 bits per heavy atom. The maximum atomic E-state index is 11.9. The van der Waals surface area contributed by atoms with E-state index in [-0.39, 0.29) is 11.8 Å². The number of carbonyl (C=O) groups is 1. The van der Waals surface area contributed by atoms with Crippen molar-refractivity contribution in [2.45, 2.75) is 0 Å². The minimum absolute atomic E-state index is 0.0429. The summed E-state index contributed by atoms with van der Waals surface area (Å²) in [6.45, 7) is 1.49. The zero-order valence-electron chi connectivity index (χ0n) is 9.71. The second-order valence-corrected chi connectivity index (χ2v) is 4.21. The average molecular weight is 243 g/mol.